The van der Waals surface area contributed by atoms with E-state index in [0.29, 0.717) is 23.4 Å². The van der Waals surface area contributed by atoms with Gasteiger partial charge in [-0.15, -0.1) is 10.2 Å². The van der Waals surface area contributed by atoms with Crippen LogP contribution in [0.2, 0.25) is 0 Å². The van der Waals surface area contributed by atoms with Gasteiger partial charge < -0.3 is 8.94 Å². The predicted molar refractivity (Wildman–Crippen MR) is 91.7 cm³/mol. The number of aromatic nitrogens is 4. The third-order valence-electron chi connectivity index (χ3n) is 4.79. The van der Waals surface area contributed by atoms with E-state index in [-0.39, 0.29) is 0 Å². The molecule has 0 unspecified atom stereocenters. The van der Waals surface area contributed by atoms with Crippen LogP contribution in [0.25, 0.3) is 34.0 Å². The van der Waals surface area contributed by atoms with Crippen molar-refractivity contribution in [3.63, 3.8) is 0 Å². The Hall–Kier alpha value is -3.02. The van der Waals surface area contributed by atoms with E-state index in [1.54, 1.807) is 6.20 Å². The maximum Gasteiger partial charge on any atom is 0.257 e. The minimum atomic E-state index is 0.451. The molecule has 6 heteroatoms. The molecular weight excluding hydrogens is 316 g/mol. The van der Waals surface area contributed by atoms with Gasteiger partial charge in [0.05, 0.1) is 16.6 Å². The van der Waals surface area contributed by atoms with Crippen molar-refractivity contribution in [2.24, 2.45) is 0 Å². The van der Waals surface area contributed by atoms with Gasteiger partial charge in [-0.05, 0) is 31.0 Å². The maximum absolute atomic E-state index is 5.83. The number of benzene rings is 1. The van der Waals surface area contributed by atoms with Crippen LogP contribution in [-0.4, -0.2) is 20.3 Å². The molecule has 5 rings (SSSR count). The third kappa shape index (κ3) is 2.50. The molecule has 124 valence electrons. The lowest BCUT2D eigenvalue weighted by Crippen LogP contribution is -1.93. The molecule has 0 radical (unpaired) electrons. The van der Waals surface area contributed by atoms with Crippen LogP contribution < -0.4 is 0 Å². The van der Waals surface area contributed by atoms with E-state index in [1.807, 2.05) is 36.4 Å². The number of hydrogen-bond acceptors (Lipinski definition) is 6. The fourth-order valence-electron chi connectivity index (χ4n) is 3.50. The van der Waals surface area contributed by atoms with Gasteiger partial charge in [0, 0.05) is 17.7 Å². The summed E-state index contributed by atoms with van der Waals surface area (Å²) in [4.78, 5) is 4.37. The summed E-state index contributed by atoms with van der Waals surface area (Å²) in [6.07, 6.45) is 6.50. The largest absolute Gasteiger partial charge is 0.416 e. The van der Waals surface area contributed by atoms with Crippen molar-refractivity contribution in [2.75, 3.05) is 0 Å². The molecule has 1 saturated carbocycles. The number of fused-ring (bicyclic) bond motifs is 1. The van der Waals surface area contributed by atoms with E-state index < -0.39 is 0 Å². The van der Waals surface area contributed by atoms with Crippen LogP contribution in [0.1, 0.15) is 37.3 Å². The monoisotopic (exact) mass is 332 g/mol. The molecule has 3 aromatic heterocycles. The Bertz CT molecular complexity index is 1020. The molecule has 1 fully saturated rings. The van der Waals surface area contributed by atoms with Crippen molar-refractivity contribution in [2.45, 2.75) is 31.6 Å². The zero-order valence-electron chi connectivity index (χ0n) is 13.6. The molecule has 1 aliphatic carbocycles. The van der Waals surface area contributed by atoms with Gasteiger partial charge >= 0.3 is 0 Å². The van der Waals surface area contributed by atoms with Crippen LogP contribution >= 0.6 is 0 Å². The maximum atomic E-state index is 5.83. The van der Waals surface area contributed by atoms with Gasteiger partial charge in [-0.2, -0.15) is 0 Å². The molecule has 3 heterocycles. The Morgan fingerprint density at radius 2 is 1.68 bits per heavy atom. The average molecular weight is 332 g/mol. The Balaban J connectivity index is 1.55. The van der Waals surface area contributed by atoms with Gasteiger partial charge in [-0.25, -0.2) is 4.98 Å². The summed E-state index contributed by atoms with van der Waals surface area (Å²) >= 11 is 0. The number of rotatable bonds is 3. The fraction of sp³-hybridized carbons (Fsp3) is 0.263. The van der Waals surface area contributed by atoms with Crippen LogP contribution in [0.5, 0.6) is 0 Å². The highest BCUT2D eigenvalue weighted by Crippen LogP contribution is 2.37. The van der Waals surface area contributed by atoms with Crippen molar-refractivity contribution in [1.82, 2.24) is 20.3 Å². The van der Waals surface area contributed by atoms with Gasteiger partial charge in [0.25, 0.3) is 5.71 Å². The van der Waals surface area contributed by atoms with E-state index in [0.717, 1.165) is 35.0 Å². The van der Waals surface area contributed by atoms with Crippen LogP contribution in [0.15, 0.2) is 51.5 Å². The average Bonchev–Trinajstić information content (AvgIpc) is 3.41. The van der Waals surface area contributed by atoms with Crippen molar-refractivity contribution in [3.8, 4) is 22.9 Å². The first-order chi connectivity index (χ1) is 12.4. The second-order valence-corrected chi connectivity index (χ2v) is 6.40. The molecule has 6 nitrogen and oxygen atoms in total. The summed E-state index contributed by atoms with van der Waals surface area (Å²) in [5.74, 6) is 1.41. The fourth-order valence-corrected chi connectivity index (χ4v) is 3.50. The SMILES string of the molecule is c1ccc(-c2nnc(-c3cnc4onc(C5CCCC5)c4c3)o2)cc1. The van der Waals surface area contributed by atoms with Crippen molar-refractivity contribution < 1.29 is 8.94 Å². The summed E-state index contributed by atoms with van der Waals surface area (Å²) in [6.45, 7) is 0. The lowest BCUT2D eigenvalue weighted by molar-refractivity contribution is 0.430. The molecule has 1 aliphatic rings. The molecule has 0 amide bonds. The van der Waals surface area contributed by atoms with Gasteiger partial charge in [0.1, 0.15) is 0 Å². The van der Waals surface area contributed by atoms with Gasteiger partial charge in [0.2, 0.25) is 11.8 Å². The third-order valence-corrected chi connectivity index (χ3v) is 4.79. The van der Waals surface area contributed by atoms with Crippen LogP contribution in [0, 0.1) is 0 Å². The van der Waals surface area contributed by atoms with Gasteiger partial charge in [-0.3, -0.25) is 0 Å². The quantitative estimate of drug-likeness (QED) is 0.546. The molecule has 0 spiro atoms. The van der Waals surface area contributed by atoms with Crippen molar-refractivity contribution in [3.05, 3.63) is 48.3 Å². The van der Waals surface area contributed by atoms with E-state index in [1.165, 1.54) is 12.8 Å². The van der Waals surface area contributed by atoms with Crippen molar-refractivity contribution in [1.29, 1.82) is 0 Å². The molecule has 0 bridgehead atoms. The highest BCUT2D eigenvalue weighted by molar-refractivity contribution is 5.80. The van der Waals surface area contributed by atoms with E-state index in [4.69, 9.17) is 8.94 Å². The summed E-state index contributed by atoms with van der Waals surface area (Å²) in [7, 11) is 0. The zero-order chi connectivity index (χ0) is 16.6. The predicted octanol–water partition coefficient (Wildman–Crippen LogP) is 4.60. The van der Waals surface area contributed by atoms with Crippen LogP contribution in [0.4, 0.5) is 0 Å². The summed E-state index contributed by atoms with van der Waals surface area (Å²) < 4.78 is 11.2. The lowest BCUT2D eigenvalue weighted by atomic mass is 10.0. The van der Waals surface area contributed by atoms with Gasteiger partial charge in [-0.1, -0.05) is 36.2 Å². The Morgan fingerprint density at radius 1 is 0.920 bits per heavy atom. The van der Waals surface area contributed by atoms with Crippen LogP contribution in [0.3, 0.4) is 0 Å². The van der Waals surface area contributed by atoms with Crippen LogP contribution in [-0.2, 0) is 0 Å². The first-order valence-corrected chi connectivity index (χ1v) is 8.53. The molecule has 4 aromatic rings. The standard InChI is InChI=1S/C19H16N4O2/c1-2-8-13(9-3-1)17-21-22-18(24-17)14-10-15-16(12-6-4-5-7-12)23-25-19(15)20-11-14/h1-3,8-12H,4-7H2. The molecule has 0 saturated heterocycles. The Morgan fingerprint density at radius 3 is 2.48 bits per heavy atom. The zero-order valence-corrected chi connectivity index (χ0v) is 13.6. The second kappa shape index (κ2) is 5.81. The van der Waals surface area contributed by atoms with E-state index in [2.05, 4.69) is 20.3 Å². The number of nitrogens with zero attached hydrogens (tertiary/aromatic N) is 4. The summed E-state index contributed by atoms with van der Waals surface area (Å²) in [5, 5.41) is 13.5. The first-order valence-electron chi connectivity index (χ1n) is 8.53. The topological polar surface area (TPSA) is 77.8 Å². The lowest BCUT2D eigenvalue weighted by Gasteiger charge is -2.03. The summed E-state index contributed by atoms with van der Waals surface area (Å²) in [6, 6.07) is 11.7. The van der Waals surface area contributed by atoms with E-state index >= 15 is 0 Å². The molecule has 0 atom stereocenters. The molecule has 1 aromatic carbocycles. The summed E-state index contributed by atoms with van der Waals surface area (Å²) in [5.41, 5.74) is 3.25. The molecule has 0 aliphatic heterocycles. The number of pyridine rings is 1. The minimum absolute atomic E-state index is 0.451. The first kappa shape index (κ1) is 14.3. The molecule has 25 heavy (non-hydrogen) atoms. The molecule has 0 N–H and O–H groups in total. The smallest absolute Gasteiger partial charge is 0.257 e. The normalized spacial score (nSPS) is 15.2. The highest BCUT2D eigenvalue weighted by atomic mass is 16.5. The minimum Gasteiger partial charge on any atom is -0.416 e. The van der Waals surface area contributed by atoms with E-state index in [9.17, 15) is 0 Å². The Kier molecular flexibility index (Phi) is 3.33. The second-order valence-electron chi connectivity index (χ2n) is 6.40. The van der Waals surface area contributed by atoms with Gasteiger partial charge in [0.15, 0.2) is 0 Å². The number of hydrogen-bond donors (Lipinski definition) is 0. The Labute approximate surface area is 143 Å². The highest BCUT2D eigenvalue weighted by Gasteiger charge is 2.24. The van der Waals surface area contributed by atoms with Crippen molar-refractivity contribution >= 4 is 11.1 Å². The molecular formula is C19H16N4O2.